The van der Waals surface area contributed by atoms with Crippen LogP contribution in [0, 0.1) is 22.7 Å². The number of carbonyl (C=O) groups excluding carboxylic acids is 1. The zero-order chi connectivity index (χ0) is 18.4. The number of aliphatic hydroxyl groups excluding tert-OH is 3. The number of ether oxygens (including phenoxy) is 1. The number of allylic oxidation sites excluding steroid dienone is 1. The van der Waals surface area contributed by atoms with E-state index in [1.807, 2.05) is 6.92 Å². The third kappa shape index (κ3) is 2.86. The molecule has 1 heterocycles. The maximum Gasteiger partial charge on any atom is 0.336 e. The summed E-state index contributed by atoms with van der Waals surface area (Å²) < 4.78 is 4.92. The van der Waals surface area contributed by atoms with Crippen LogP contribution in [0.2, 0.25) is 0 Å². The maximum atomic E-state index is 11.8. The molecule has 0 amide bonds. The van der Waals surface area contributed by atoms with Crippen molar-refractivity contribution in [3.8, 4) is 0 Å². The van der Waals surface area contributed by atoms with E-state index in [4.69, 9.17) is 4.74 Å². The van der Waals surface area contributed by atoms with Gasteiger partial charge in [-0.3, -0.25) is 0 Å². The fraction of sp³-hybridized carbons (Fsp3) is 0.750. The van der Waals surface area contributed by atoms with Gasteiger partial charge >= 0.3 is 5.97 Å². The molecule has 25 heavy (non-hydrogen) atoms. The van der Waals surface area contributed by atoms with E-state index < -0.39 is 23.6 Å². The molecule has 0 spiro atoms. The Labute approximate surface area is 149 Å². The quantitative estimate of drug-likeness (QED) is 0.533. The van der Waals surface area contributed by atoms with Gasteiger partial charge in [0.1, 0.15) is 6.61 Å². The first-order valence-electron chi connectivity index (χ1n) is 9.26. The number of esters is 1. The molecule has 0 aromatic heterocycles. The number of rotatable bonds is 4. The molecule has 0 bridgehead atoms. The molecule has 1 aliphatic heterocycles. The molecule has 3 N–H and O–H groups in total. The number of carbonyl (C=O) groups is 1. The Morgan fingerprint density at radius 3 is 2.72 bits per heavy atom. The van der Waals surface area contributed by atoms with E-state index in [0.29, 0.717) is 18.4 Å². The predicted molar refractivity (Wildman–Crippen MR) is 93.6 cm³/mol. The lowest BCUT2D eigenvalue weighted by atomic mass is 9.46. The summed E-state index contributed by atoms with van der Waals surface area (Å²) in [7, 11) is 0. The van der Waals surface area contributed by atoms with Crippen LogP contribution in [0.1, 0.15) is 46.0 Å². The molecule has 5 nitrogen and oxygen atoms in total. The Morgan fingerprint density at radius 1 is 1.40 bits per heavy atom. The molecule has 0 aromatic carbocycles. The van der Waals surface area contributed by atoms with Gasteiger partial charge in [-0.2, -0.15) is 0 Å². The third-order valence-electron chi connectivity index (χ3n) is 7.26. The van der Waals surface area contributed by atoms with Crippen molar-refractivity contribution < 1.29 is 24.9 Å². The molecule has 0 radical (unpaired) electrons. The molecule has 0 aromatic rings. The highest BCUT2D eigenvalue weighted by molar-refractivity contribution is 5.91. The van der Waals surface area contributed by atoms with Crippen LogP contribution >= 0.6 is 0 Å². The molecule has 1 unspecified atom stereocenters. The Morgan fingerprint density at radius 2 is 2.12 bits per heavy atom. The van der Waals surface area contributed by atoms with E-state index in [0.717, 1.165) is 24.8 Å². The molecule has 2 fully saturated rings. The topological polar surface area (TPSA) is 87.0 Å². The van der Waals surface area contributed by atoms with Crippen LogP contribution in [0.5, 0.6) is 0 Å². The monoisotopic (exact) mass is 350 g/mol. The molecule has 2 saturated carbocycles. The third-order valence-corrected chi connectivity index (χ3v) is 7.26. The van der Waals surface area contributed by atoms with Crippen LogP contribution < -0.4 is 0 Å². The van der Waals surface area contributed by atoms with Crippen LogP contribution in [0.15, 0.2) is 23.8 Å². The highest BCUT2D eigenvalue weighted by Gasteiger charge is 2.57. The lowest BCUT2D eigenvalue weighted by molar-refractivity contribution is -0.154. The highest BCUT2D eigenvalue weighted by Crippen LogP contribution is 2.61. The Kier molecular flexibility index (Phi) is 4.86. The zero-order valence-corrected chi connectivity index (χ0v) is 15.2. The largest absolute Gasteiger partial charge is 0.458 e. The summed E-state index contributed by atoms with van der Waals surface area (Å²) >= 11 is 0. The van der Waals surface area contributed by atoms with E-state index in [-0.39, 0.29) is 30.5 Å². The van der Waals surface area contributed by atoms with Gasteiger partial charge in [-0.05, 0) is 55.4 Å². The number of cyclic esters (lactones) is 1. The standard InChI is InChI=1S/C20H30O5/c1-12-4-5-16-19(2,8-6-17(23)20(16,3)11-21)14(12)10-15(22)13-7-9-25-18(13)24/h7,14-17,21-23H,1,4-6,8-11H2,2-3H3/t14-,15?,16+,17-,19+,20+/m1/s1. The molecule has 3 aliphatic rings. The van der Waals surface area contributed by atoms with Crippen LogP contribution in [0.4, 0.5) is 0 Å². The summed E-state index contributed by atoms with van der Waals surface area (Å²) in [5.74, 6) is -0.232. The summed E-state index contributed by atoms with van der Waals surface area (Å²) in [6, 6.07) is 0. The van der Waals surface area contributed by atoms with Crippen molar-refractivity contribution in [2.45, 2.75) is 58.2 Å². The van der Waals surface area contributed by atoms with Crippen molar-refractivity contribution in [3.63, 3.8) is 0 Å². The van der Waals surface area contributed by atoms with Gasteiger partial charge in [0.15, 0.2) is 0 Å². The van der Waals surface area contributed by atoms with Crippen molar-refractivity contribution in [3.05, 3.63) is 23.8 Å². The first-order valence-corrected chi connectivity index (χ1v) is 9.26. The highest BCUT2D eigenvalue weighted by atomic mass is 16.5. The van der Waals surface area contributed by atoms with Gasteiger partial charge in [0.05, 0.1) is 24.4 Å². The van der Waals surface area contributed by atoms with Crippen molar-refractivity contribution in [2.24, 2.45) is 22.7 Å². The molecule has 3 rings (SSSR count). The molecule has 2 aliphatic carbocycles. The first-order chi connectivity index (χ1) is 11.7. The lowest BCUT2D eigenvalue weighted by Crippen LogP contribution is -2.57. The van der Waals surface area contributed by atoms with Crippen molar-refractivity contribution in [1.82, 2.24) is 0 Å². The number of hydrogen-bond acceptors (Lipinski definition) is 5. The summed E-state index contributed by atoms with van der Waals surface area (Å²) in [6.45, 7) is 8.60. The maximum absolute atomic E-state index is 11.8. The smallest absolute Gasteiger partial charge is 0.336 e. The summed E-state index contributed by atoms with van der Waals surface area (Å²) in [5.41, 5.74) is 0.749. The second-order valence-corrected chi connectivity index (χ2v) is 8.54. The van der Waals surface area contributed by atoms with Crippen LogP contribution in [0.3, 0.4) is 0 Å². The Balaban J connectivity index is 1.88. The molecule has 5 heteroatoms. The SMILES string of the molecule is C=C1CC[C@@H]2[C@](C)(CO)[C@H](O)CC[C@@]2(C)[C@@H]1CC(O)C1=CCOC1=O. The van der Waals surface area contributed by atoms with E-state index in [2.05, 4.69) is 13.5 Å². The van der Waals surface area contributed by atoms with Gasteiger partial charge in [0, 0.05) is 5.41 Å². The minimum absolute atomic E-state index is 0.0480. The van der Waals surface area contributed by atoms with E-state index in [1.54, 1.807) is 6.08 Å². The van der Waals surface area contributed by atoms with Gasteiger partial charge in [0.2, 0.25) is 0 Å². The van der Waals surface area contributed by atoms with E-state index in [1.165, 1.54) is 0 Å². The van der Waals surface area contributed by atoms with E-state index >= 15 is 0 Å². The summed E-state index contributed by atoms with van der Waals surface area (Å²) in [5, 5.41) is 31.2. The van der Waals surface area contributed by atoms with Gasteiger partial charge in [-0.1, -0.05) is 26.0 Å². The number of fused-ring (bicyclic) bond motifs is 1. The molecular weight excluding hydrogens is 320 g/mol. The lowest BCUT2D eigenvalue weighted by Gasteiger charge is -2.60. The van der Waals surface area contributed by atoms with Gasteiger partial charge in [-0.15, -0.1) is 0 Å². The van der Waals surface area contributed by atoms with Gasteiger partial charge < -0.3 is 20.1 Å². The molecule has 6 atom stereocenters. The predicted octanol–water partition coefficient (Wildman–Crippen LogP) is 1.96. The summed E-state index contributed by atoms with van der Waals surface area (Å²) in [4.78, 5) is 11.8. The average Bonchev–Trinajstić information content (AvgIpc) is 3.01. The normalized spacial score (nSPS) is 42.6. The number of aliphatic hydroxyl groups is 3. The zero-order valence-electron chi connectivity index (χ0n) is 15.2. The Hall–Kier alpha value is -1.17. The van der Waals surface area contributed by atoms with Crippen molar-refractivity contribution >= 4 is 5.97 Å². The minimum atomic E-state index is -0.862. The molecule has 140 valence electrons. The summed E-state index contributed by atoms with van der Waals surface area (Å²) in [6.07, 6.45) is 3.89. The van der Waals surface area contributed by atoms with Gasteiger partial charge in [0.25, 0.3) is 0 Å². The van der Waals surface area contributed by atoms with Crippen molar-refractivity contribution in [2.75, 3.05) is 13.2 Å². The average molecular weight is 350 g/mol. The fourth-order valence-corrected chi connectivity index (χ4v) is 5.63. The molecular formula is C20H30O5. The van der Waals surface area contributed by atoms with Crippen LogP contribution in [-0.4, -0.2) is 46.7 Å². The van der Waals surface area contributed by atoms with Crippen molar-refractivity contribution in [1.29, 1.82) is 0 Å². The second-order valence-electron chi connectivity index (χ2n) is 8.54. The fourth-order valence-electron chi connectivity index (χ4n) is 5.63. The van der Waals surface area contributed by atoms with Gasteiger partial charge in [-0.25, -0.2) is 4.79 Å². The van der Waals surface area contributed by atoms with Crippen LogP contribution in [0.25, 0.3) is 0 Å². The first kappa shape index (κ1) is 18.6. The molecule has 0 saturated heterocycles. The van der Waals surface area contributed by atoms with E-state index in [9.17, 15) is 20.1 Å². The minimum Gasteiger partial charge on any atom is -0.458 e. The number of hydrogen-bond donors (Lipinski definition) is 3. The second kappa shape index (κ2) is 6.53. The Bertz CT molecular complexity index is 597. The van der Waals surface area contributed by atoms with Crippen LogP contribution in [-0.2, 0) is 9.53 Å².